The summed E-state index contributed by atoms with van der Waals surface area (Å²) in [5, 5.41) is 7.32. The lowest BCUT2D eigenvalue weighted by atomic mass is 10.2. The molecule has 0 saturated carbocycles. The second-order valence-corrected chi connectivity index (χ2v) is 6.73. The number of hydrogen-bond acceptors (Lipinski definition) is 2. The van der Waals surface area contributed by atoms with Gasteiger partial charge in [-0.2, -0.15) is 0 Å². The minimum absolute atomic E-state index is 0.305. The second kappa shape index (κ2) is 11.0. The lowest BCUT2D eigenvalue weighted by Gasteiger charge is -2.20. The van der Waals surface area contributed by atoms with Crippen LogP contribution in [0.5, 0.6) is 0 Å². The molecule has 0 bridgehead atoms. The van der Waals surface area contributed by atoms with E-state index in [-0.39, 0.29) is 0 Å². The largest absolute Gasteiger partial charge is 0.357 e. The van der Waals surface area contributed by atoms with Gasteiger partial charge in [0.05, 0.1) is 6.54 Å². The van der Waals surface area contributed by atoms with Crippen LogP contribution in [0.1, 0.15) is 44.6 Å². The van der Waals surface area contributed by atoms with E-state index in [1.807, 2.05) is 36.1 Å². The van der Waals surface area contributed by atoms with Crippen LogP contribution in [-0.4, -0.2) is 42.9 Å². The fourth-order valence-electron chi connectivity index (χ4n) is 2.90. The van der Waals surface area contributed by atoms with Crippen LogP contribution in [0.4, 0.5) is 0 Å². The number of likely N-dealkylation sites (tertiary alicyclic amines) is 1. The maximum absolute atomic E-state index is 12.0. The third-order valence-electron chi connectivity index (χ3n) is 4.22. The number of benzene rings is 1. The number of guanidine groups is 1. The van der Waals surface area contributed by atoms with Crippen molar-refractivity contribution in [3.63, 3.8) is 0 Å². The van der Waals surface area contributed by atoms with Gasteiger partial charge in [-0.1, -0.05) is 30.2 Å². The van der Waals surface area contributed by atoms with Crippen molar-refractivity contribution in [3.8, 4) is 0 Å². The average molecular weight is 365 g/mol. The third-order valence-corrected chi connectivity index (χ3v) is 4.46. The van der Waals surface area contributed by atoms with E-state index in [4.69, 9.17) is 11.6 Å². The standard InChI is InChI=1S/C19H29ClN4O/c1-2-21-19(23-15-16-8-6-9-17(20)14-16)22-11-7-13-24-12-5-3-4-10-18(24)25/h6,8-9,14H,2-5,7,10-13,15H2,1H3,(H2,21,22,23). The monoisotopic (exact) mass is 364 g/mol. The van der Waals surface area contributed by atoms with Crippen LogP contribution in [0.25, 0.3) is 0 Å². The lowest BCUT2D eigenvalue weighted by Crippen LogP contribution is -2.39. The van der Waals surface area contributed by atoms with Gasteiger partial charge < -0.3 is 15.5 Å². The zero-order chi connectivity index (χ0) is 17.9. The first-order valence-corrected chi connectivity index (χ1v) is 9.61. The first kappa shape index (κ1) is 19.6. The minimum Gasteiger partial charge on any atom is -0.357 e. The van der Waals surface area contributed by atoms with Gasteiger partial charge in [-0.15, -0.1) is 0 Å². The van der Waals surface area contributed by atoms with Crippen molar-refractivity contribution in [3.05, 3.63) is 34.9 Å². The molecule has 0 spiro atoms. The van der Waals surface area contributed by atoms with E-state index < -0.39 is 0 Å². The topological polar surface area (TPSA) is 56.7 Å². The van der Waals surface area contributed by atoms with E-state index in [1.165, 1.54) is 6.42 Å². The van der Waals surface area contributed by atoms with E-state index in [0.717, 1.165) is 62.0 Å². The molecule has 1 aromatic carbocycles. The predicted octanol–water partition coefficient (Wildman–Crippen LogP) is 3.19. The number of amides is 1. The van der Waals surface area contributed by atoms with Crippen molar-refractivity contribution in [1.82, 2.24) is 15.5 Å². The number of nitrogens with one attached hydrogen (secondary N) is 2. The Balaban J connectivity index is 1.76. The number of halogens is 1. The number of carbonyl (C=O) groups is 1. The van der Waals surface area contributed by atoms with Gasteiger partial charge in [-0.05, 0) is 43.9 Å². The number of nitrogens with zero attached hydrogens (tertiary/aromatic N) is 2. The fraction of sp³-hybridized carbons (Fsp3) is 0.579. The molecule has 25 heavy (non-hydrogen) atoms. The van der Waals surface area contributed by atoms with Crippen LogP contribution in [0, 0.1) is 0 Å². The second-order valence-electron chi connectivity index (χ2n) is 6.30. The predicted molar refractivity (Wildman–Crippen MR) is 104 cm³/mol. The zero-order valence-corrected chi connectivity index (χ0v) is 15.8. The summed E-state index contributed by atoms with van der Waals surface area (Å²) in [7, 11) is 0. The van der Waals surface area contributed by atoms with Crippen molar-refractivity contribution in [2.24, 2.45) is 4.99 Å². The molecule has 0 aliphatic carbocycles. The molecule has 6 heteroatoms. The van der Waals surface area contributed by atoms with Crippen LogP contribution in [0.3, 0.4) is 0 Å². The summed E-state index contributed by atoms with van der Waals surface area (Å²) in [4.78, 5) is 18.6. The molecule has 1 aliphatic heterocycles. The number of hydrogen-bond donors (Lipinski definition) is 2. The van der Waals surface area contributed by atoms with Crippen LogP contribution in [0.15, 0.2) is 29.3 Å². The lowest BCUT2D eigenvalue weighted by molar-refractivity contribution is -0.130. The van der Waals surface area contributed by atoms with Gasteiger partial charge in [0.1, 0.15) is 0 Å². The first-order valence-electron chi connectivity index (χ1n) is 9.23. The molecule has 0 atom stereocenters. The normalized spacial score (nSPS) is 15.8. The molecule has 2 N–H and O–H groups in total. The van der Waals surface area contributed by atoms with Crippen molar-refractivity contribution in [2.45, 2.75) is 45.6 Å². The van der Waals surface area contributed by atoms with Gasteiger partial charge in [0.2, 0.25) is 5.91 Å². The Morgan fingerprint density at radius 1 is 1.28 bits per heavy atom. The van der Waals surface area contributed by atoms with Crippen LogP contribution < -0.4 is 10.6 Å². The van der Waals surface area contributed by atoms with Gasteiger partial charge >= 0.3 is 0 Å². The van der Waals surface area contributed by atoms with E-state index in [9.17, 15) is 4.79 Å². The Morgan fingerprint density at radius 3 is 2.96 bits per heavy atom. The SMILES string of the molecule is CCNC(=NCc1cccc(Cl)c1)NCCCN1CCCCCC1=O. The van der Waals surface area contributed by atoms with E-state index >= 15 is 0 Å². The molecular formula is C19H29ClN4O. The highest BCUT2D eigenvalue weighted by molar-refractivity contribution is 6.30. The molecule has 0 aromatic heterocycles. The molecule has 1 fully saturated rings. The average Bonchev–Trinajstić information content (AvgIpc) is 2.81. The minimum atomic E-state index is 0.305. The summed E-state index contributed by atoms with van der Waals surface area (Å²) in [6.07, 6.45) is 4.96. The van der Waals surface area contributed by atoms with Gasteiger partial charge in [0, 0.05) is 37.6 Å². The van der Waals surface area contributed by atoms with Crippen molar-refractivity contribution in [1.29, 1.82) is 0 Å². The fourth-order valence-corrected chi connectivity index (χ4v) is 3.11. The number of aliphatic imine (C=N–C) groups is 1. The van der Waals surface area contributed by atoms with E-state index in [0.29, 0.717) is 18.9 Å². The molecule has 0 radical (unpaired) electrons. The maximum Gasteiger partial charge on any atom is 0.222 e. The Hall–Kier alpha value is -1.75. The quantitative estimate of drug-likeness (QED) is 0.444. The van der Waals surface area contributed by atoms with Gasteiger partial charge in [0.25, 0.3) is 0 Å². The summed E-state index contributed by atoms with van der Waals surface area (Å²) in [5.41, 5.74) is 1.08. The molecule has 0 unspecified atom stereocenters. The first-order chi connectivity index (χ1) is 12.2. The highest BCUT2D eigenvalue weighted by atomic mass is 35.5. The summed E-state index contributed by atoms with van der Waals surface area (Å²) in [6, 6.07) is 7.75. The molecule has 1 saturated heterocycles. The zero-order valence-electron chi connectivity index (χ0n) is 15.1. The highest BCUT2D eigenvalue weighted by Gasteiger charge is 2.15. The Kier molecular flexibility index (Phi) is 8.60. The van der Waals surface area contributed by atoms with Crippen LogP contribution in [-0.2, 0) is 11.3 Å². The Morgan fingerprint density at radius 2 is 2.16 bits per heavy atom. The molecule has 1 amide bonds. The molecular weight excluding hydrogens is 336 g/mol. The molecule has 1 aromatic rings. The number of rotatable bonds is 7. The van der Waals surface area contributed by atoms with E-state index in [1.54, 1.807) is 0 Å². The number of carbonyl (C=O) groups excluding carboxylic acids is 1. The summed E-state index contributed by atoms with van der Waals surface area (Å²) >= 11 is 6.01. The molecule has 1 aliphatic rings. The van der Waals surface area contributed by atoms with E-state index in [2.05, 4.69) is 15.6 Å². The summed E-state index contributed by atoms with van der Waals surface area (Å²) < 4.78 is 0. The van der Waals surface area contributed by atoms with Gasteiger partial charge in [-0.25, -0.2) is 4.99 Å². The molecule has 2 rings (SSSR count). The van der Waals surface area contributed by atoms with Crippen molar-refractivity contribution in [2.75, 3.05) is 26.2 Å². The van der Waals surface area contributed by atoms with Gasteiger partial charge in [-0.3, -0.25) is 4.79 Å². The van der Waals surface area contributed by atoms with Crippen LogP contribution >= 0.6 is 11.6 Å². The Bertz CT molecular complexity index is 576. The van der Waals surface area contributed by atoms with Gasteiger partial charge in [0.15, 0.2) is 5.96 Å². The smallest absolute Gasteiger partial charge is 0.222 e. The summed E-state index contributed by atoms with van der Waals surface area (Å²) in [6.45, 7) is 5.96. The summed E-state index contributed by atoms with van der Waals surface area (Å²) in [5.74, 6) is 1.10. The molecule has 138 valence electrons. The third kappa shape index (κ3) is 7.34. The van der Waals surface area contributed by atoms with Crippen molar-refractivity contribution < 1.29 is 4.79 Å². The van der Waals surface area contributed by atoms with Crippen LogP contribution in [0.2, 0.25) is 5.02 Å². The van der Waals surface area contributed by atoms with Crippen molar-refractivity contribution >= 4 is 23.5 Å². The molecule has 5 nitrogen and oxygen atoms in total. The Labute approximate surface area is 155 Å². The molecule has 1 heterocycles. The maximum atomic E-state index is 12.0. The highest BCUT2D eigenvalue weighted by Crippen LogP contribution is 2.12.